The minimum Gasteiger partial charge on any atom is -0.310 e. The Balaban J connectivity index is 2.27. The maximum atomic E-state index is 6.22. The van der Waals surface area contributed by atoms with Crippen molar-refractivity contribution in [1.82, 2.24) is 5.32 Å². The van der Waals surface area contributed by atoms with Crippen LogP contribution in [-0.2, 0) is 6.42 Å². The molecular formula is C19H24ClN. The maximum Gasteiger partial charge on any atom is 0.0411 e. The number of rotatable bonds is 5. The minimum atomic E-state index is 0.300. The summed E-state index contributed by atoms with van der Waals surface area (Å²) in [6, 6.07) is 13.3. The van der Waals surface area contributed by atoms with Crippen LogP contribution in [-0.4, -0.2) is 6.54 Å². The third-order valence-corrected chi connectivity index (χ3v) is 4.15. The normalized spacial score (nSPS) is 12.4. The topological polar surface area (TPSA) is 12.0 Å². The molecule has 0 spiro atoms. The zero-order valence-electron chi connectivity index (χ0n) is 13.3. The van der Waals surface area contributed by atoms with Gasteiger partial charge in [0.2, 0.25) is 0 Å². The van der Waals surface area contributed by atoms with Gasteiger partial charge in [0.15, 0.2) is 0 Å². The molecule has 0 heterocycles. The molecule has 1 nitrogen and oxygen atoms in total. The summed E-state index contributed by atoms with van der Waals surface area (Å²) >= 11 is 6.22. The smallest absolute Gasteiger partial charge is 0.0411 e. The second-order valence-corrected chi connectivity index (χ2v) is 6.23. The van der Waals surface area contributed by atoms with Crippen LogP contribution in [0.3, 0.4) is 0 Å². The summed E-state index contributed by atoms with van der Waals surface area (Å²) in [4.78, 5) is 0. The first-order valence-electron chi connectivity index (χ1n) is 7.56. The lowest BCUT2D eigenvalue weighted by Gasteiger charge is -2.20. The molecule has 2 aromatic rings. The zero-order valence-corrected chi connectivity index (χ0v) is 14.1. The van der Waals surface area contributed by atoms with Crippen LogP contribution >= 0.6 is 11.6 Å². The van der Waals surface area contributed by atoms with Gasteiger partial charge >= 0.3 is 0 Å². The van der Waals surface area contributed by atoms with E-state index in [2.05, 4.69) is 63.3 Å². The van der Waals surface area contributed by atoms with E-state index in [1.54, 1.807) is 0 Å². The van der Waals surface area contributed by atoms with E-state index in [1.807, 2.05) is 6.07 Å². The molecule has 2 rings (SSSR count). The molecule has 0 fully saturated rings. The number of nitrogens with one attached hydrogen (secondary N) is 1. The van der Waals surface area contributed by atoms with Gasteiger partial charge in [-0.3, -0.25) is 0 Å². The number of benzene rings is 2. The van der Waals surface area contributed by atoms with E-state index in [1.165, 1.54) is 27.8 Å². The summed E-state index contributed by atoms with van der Waals surface area (Å²) in [5.74, 6) is 0. The van der Waals surface area contributed by atoms with Crippen molar-refractivity contribution in [3.63, 3.8) is 0 Å². The van der Waals surface area contributed by atoms with Gasteiger partial charge in [-0.2, -0.15) is 0 Å². The molecule has 0 bridgehead atoms. The van der Waals surface area contributed by atoms with Crippen LogP contribution in [0.4, 0.5) is 0 Å². The fraction of sp³-hybridized carbons (Fsp3) is 0.368. The van der Waals surface area contributed by atoms with Crippen LogP contribution in [0.1, 0.15) is 40.8 Å². The molecule has 0 aliphatic carbocycles. The SMILES string of the molecule is CCNC(Cc1ccc(C)c(C)c1)c1cc(C)cc(Cl)c1. The van der Waals surface area contributed by atoms with Crippen molar-refractivity contribution in [2.45, 2.75) is 40.2 Å². The van der Waals surface area contributed by atoms with Crippen LogP contribution in [0.2, 0.25) is 5.02 Å². The molecule has 0 amide bonds. The van der Waals surface area contributed by atoms with Crippen molar-refractivity contribution in [3.8, 4) is 0 Å². The molecular weight excluding hydrogens is 278 g/mol. The summed E-state index contributed by atoms with van der Waals surface area (Å²) in [5.41, 5.74) is 6.53. The average Bonchev–Trinajstić information content (AvgIpc) is 2.41. The summed E-state index contributed by atoms with van der Waals surface area (Å²) in [6.45, 7) is 9.51. The quantitative estimate of drug-likeness (QED) is 0.804. The zero-order chi connectivity index (χ0) is 15.4. The van der Waals surface area contributed by atoms with E-state index in [0.29, 0.717) is 6.04 Å². The van der Waals surface area contributed by atoms with Crippen molar-refractivity contribution in [2.24, 2.45) is 0 Å². The van der Waals surface area contributed by atoms with Gasteiger partial charge in [-0.05, 0) is 73.7 Å². The number of halogens is 1. The van der Waals surface area contributed by atoms with Crippen LogP contribution in [0.25, 0.3) is 0 Å². The molecule has 1 unspecified atom stereocenters. The lowest BCUT2D eigenvalue weighted by molar-refractivity contribution is 0.549. The number of aryl methyl sites for hydroxylation is 3. The fourth-order valence-corrected chi connectivity index (χ4v) is 2.98. The Labute approximate surface area is 133 Å². The van der Waals surface area contributed by atoms with Crippen molar-refractivity contribution in [2.75, 3.05) is 6.54 Å². The first kappa shape index (κ1) is 16.1. The summed E-state index contributed by atoms with van der Waals surface area (Å²) in [7, 11) is 0. The van der Waals surface area contributed by atoms with E-state index >= 15 is 0 Å². The number of hydrogen-bond acceptors (Lipinski definition) is 1. The molecule has 112 valence electrons. The van der Waals surface area contributed by atoms with E-state index in [-0.39, 0.29) is 0 Å². The summed E-state index contributed by atoms with van der Waals surface area (Å²) in [6.07, 6.45) is 0.981. The Morgan fingerprint density at radius 2 is 1.76 bits per heavy atom. The maximum absolute atomic E-state index is 6.22. The molecule has 2 aromatic carbocycles. The molecule has 0 saturated carbocycles. The Hall–Kier alpha value is -1.31. The first-order chi connectivity index (χ1) is 9.99. The molecule has 0 aliphatic heterocycles. The van der Waals surface area contributed by atoms with Gasteiger partial charge < -0.3 is 5.32 Å². The van der Waals surface area contributed by atoms with Gasteiger partial charge in [0.1, 0.15) is 0 Å². The highest BCUT2D eigenvalue weighted by atomic mass is 35.5. The van der Waals surface area contributed by atoms with Crippen molar-refractivity contribution in [3.05, 3.63) is 69.2 Å². The minimum absolute atomic E-state index is 0.300. The largest absolute Gasteiger partial charge is 0.310 e. The molecule has 1 atom stereocenters. The predicted molar refractivity (Wildman–Crippen MR) is 92.2 cm³/mol. The van der Waals surface area contributed by atoms with Gasteiger partial charge in [-0.1, -0.05) is 42.8 Å². The predicted octanol–water partition coefficient (Wildman–Crippen LogP) is 5.16. The lowest BCUT2D eigenvalue weighted by Crippen LogP contribution is -2.23. The average molecular weight is 302 g/mol. The van der Waals surface area contributed by atoms with Gasteiger partial charge in [-0.15, -0.1) is 0 Å². The lowest BCUT2D eigenvalue weighted by atomic mass is 9.95. The van der Waals surface area contributed by atoms with E-state index < -0.39 is 0 Å². The van der Waals surface area contributed by atoms with Crippen molar-refractivity contribution in [1.29, 1.82) is 0 Å². The van der Waals surface area contributed by atoms with Crippen LogP contribution < -0.4 is 5.32 Å². The van der Waals surface area contributed by atoms with Gasteiger partial charge in [0.05, 0.1) is 0 Å². The van der Waals surface area contributed by atoms with Crippen molar-refractivity contribution >= 4 is 11.6 Å². The second-order valence-electron chi connectivity index (χ2n) is 5.79. The van der Waals surface area contributed by atoms with Gasteiger partial charge in [0.25, 0.3) is 0 Å². The van der Waals surface area contributed by atoms with E-state index in [0.717, 1.165) is 18.0 Å². The van der Waals surface area contributed by atoms with Crippen molar-refractivity contribution < 1.29 is 0 Å². The standard InChI is InChI=1S/C19H24ClN/c1-5-21-19(17-8-13(2)9-18(20)12-17)11-16-7-6-14(3)15(4)10-16/h6-10,12,19,21H,5,11H2,1-4H3. The third-order valence-electron chi connectivity index (χ3n) is 3.93. The Bertz CT molecular complexity index is 599. The second kappa shape index (κ2) is 7.11. The van der Waals surface area contributed by atoms with E-state index in [4.69, 9.17) is 11.6 Å². The Kier molecular flexibility index (Phi) is 5.44. The van der Waals surface area contributed by atoms with E-state index in [9.17, 15) is 0 Å². The number of hydrogen-bond donors (Lipinski definition) is 1. The van der Waals surface area contributed by atoms with Crippen LogP contribution in [0.15, 0.2) is 36.4 Å². The third kappa shape index (κ3) is 4.33. The fourth-order valence-electron chi connectivity index (χ4n) is 2.69. The molecule has 1 N–H and O–H groups in total. The van der Waals surface area contributed by atoms with Gasteiger partial charge in [0, 0.05) is 11.1 Å². The molecule has 0 saturated heterocycles. The molecule has 21 heavy (non-hydrogen) atoms. The monoisotopic (exact) mass is 301 g/mol. The number of likely N-dealkylation sites (N-methyl/N-ethyl adjacent to an activating group) is 1. The molecule has 0 aliphatic rings. The highest BCUT2D eigenvalue weighted by Gasteiger charge is 2.12. The van der Waals surface area contributed by atoms with Crippen LogP contribution in [0, 0.1) is 20.8 Å². The highest BCUT2D eigenvalue weighted by molar-refractivity contribution is 6.30. The van der Waals surface area contributed by atoms with Crippen LogP contribution in [0.5, 0.6) is 0 Å². The summed E-state index contributed by atoms with van der Waals surface area (Å²) < 4.78 is 0. The summed E-state index contributed by atoms with van der Waals surface area (Å²) in [5, 5.41) is 4.39. The first-order valence-corrected chi connectivity index (χ1v) is 7.94. The Morgan fingerprint density at radius 3 is 2.38 bits per heavy atom. The molecule has 2 heteroatoms. The molecule has 0 radical (unpaired) electrons. The van der Waals surface area contributed by atoms with Gasteiger partial charge in [-0.25, -0.2) is 0 Å². The Morgan fingerprint density at radius 1 is 1.00 bits per heavy atom. The molecule has 0 aromatic heterocycles. The highest BCUT2D eigenvalue weighted by Crippen LogP contribution is 2.24.